The molecule has 0 aliphatic heterocycles. The monoisotopic (exact) mass is 309 g/mol. The van der Waals surface area contributed by atoms with Crippen LogP contribution >= 0.6 is 15.9 Å². The SMILES string of the molecule is Brc1ccccc1-c1cccc(-c2cccnc2)c1. The predicted octanol–water partition coefficient (Wildman–Crippen LogP) is 5.18. The molecule has 1 aromatic heterocycles. The molecule has 92 valence electrons. The number of rotatable bonds is 2. The number of nitrogens with zero attached hydrogens (tertiary/aromatic N) is 1. The van der Waals surface area contributed by atoms with Gasteiger partial charge < -0.3 is 0 Å². The standard InChI is InChI=1S/C17H12BrN/c18-17-9-2-1-8-16(17)14-6-3-5-13(11-14)15-7-4-10-19-12-15/h1-12H. The van der Waals surface area contributed by atoms with E-state index in [2.05, 4.69) is 69.4 Å². The molecule has 0 saturated heterocycles. The average Bonchev–Trinajstić information content (AvgIpc) is 2.49. The number of hydrogen-bond donors (Lipinski definition) is 0. The van der Waals surface area contributed by atoms with Gasteiger partial charge in [0.2, 0.25) is 0 Å². The zero-order valence-electron chi connectivity index (χ0n) is 10.3. The summed E-state index contributed by atoms with van der Waals surface area (Å²) >= 11 is 3.60. The zero-order valence-corrected chi connectivity index (χ0v) is 11.8. The Morgan fingerprint density at radius 1 is 0.737 bits per heavy atom. The number of benzene rings is 2. The first kappa shape index (κ1) is 12.1. The Morgan fingerprint density at radius 3 is 2.32 bits per heavy atom. The first-order valence-corrected chi connectivity index (χ1v) is 6.89. The molecule has 19 heavy (non-hydrogen) atoms. The molecule has 0 amide bonds. The summed E-state index contributed by atoms with van der Waals surface area (Å²) in [7, 11) is 0. The molecule has 1 nitrogen and oxygen atoms in total. The topological polar surface area (TPSA) is 12.9 Å². The van der Waals surface area contributed by atoms with Gasteiger partial charge in [-0.15, -0.1) is 0 Å². The molecule has 1 heterocycles. The third-order valence-corrected chi connectivity index (χ3v) is 3.73. The molecule has 2 aromatic carbocycles. The molecule has 0 unspecified atom stereocenters. The van der Waals surface area contributed by atoms with E-state index in [-0.39, 0.29) is 0 Å². The van der Waals surface area contributed by atoms with Crippen molar-refractivity contribution in [3.8, 4) is 22.3 Å². The second-order valence-corrected chi connectivity index (χ2v) is 5.16. The van der Waals surface area contributed by atoms with Gasteiger partial charge in [-0.2, -0.15) is 0 Å². The first-order chi connectivity index (χ1) is 9.34. The van der Waals surface area contributed by atoms with E-state index in [4.69, 9.17) is 0 Å². The van der Waals surface area contributed by atoms with Crippen molar-refractivity contribution < 1.29 is 0 Å². The van der Waals surface area contributed by atoms with Crippen molar-refractivity contribution >= 4 is 15.9 Å². The van der Waals surface area contributed by atoms with Crippen molar-refractivity contribution in [3.63, 3.8) is 0 Å². The maximum absolute atomic E-state index is 4.17. The highest BCUT2D eigenvalue weighted by Crippen LogP contribution is 2.30. The van der Waals surface area contributed by atoms with Crippen molar-refractivity contribution in [2.75, 3.05) is 0 Å². The van der Waals surface area contributed by atoms with E-state index >= 15 is 0 Å². The lowest BCUT2D eigenvalue weighted by Gasteiger charge is -2.07. The maximum Gasteiger partial charge on any atom is 0.0346 e. The lowest BCUT2D eigenvalue weighted by molar-refractivity contribution is 1.33. The fraction of sp³-hybridized carbons (Fsp3) is 0. The van der Waals surface area contributed by atoms with Crippen LogP contribution in [-0.2, 0) is 0 Å². The van der Waals surface area contributed by atoms with Crippen LogP contribution in [0.25, 0.3) is 22.3 Å². The van der Waals surface area contributed by atoms with E-state index < -0.39 is 0 Å². The molecule has 0 atom stereocenters. The molecule has 0 N–H and O–H groups in total. The molecule has 0 aliphatic carbocycles. The largest absolute Gasteiger partial charge is 0.264 e. The smallest absolute Gasteiger partial charge is 0.0346 e. The van der Waals surface area contributed by atoms with Gasteiger partial charge in [-0.1, -0.05) is 58.4 Å². The van der Waals surface area contributed by atoms with Gasteiger partial charge in [-0.25, -0.2) is 0 Å². The molecule has 0 spiro atoms. The molecule has 2 heteroatoms. The lowest BCUT2D eigenvalue weighted by Crippen LogP contribution is -1.83. The lowest BCUT2D eigenvalue weighted by atomic mass is 10.0. The number of aromatic nitrogens is 1. The van der Waals surface area contributed by atoms with Gasteiger partial charge in [0, 0.05) is 22.4 Å². The highest BCUT2D eigenvalue weighted by Gasteiger charge is 2.04. The minimum absolute atomic E-state index is 1.11. The summed E-state index contributed by atoms with van der Waals surface area (Å²) in [5, 5.41) is 0. The molecule has 0 fully saturated rings. The van der Waals surface area contributed by atoms with Crippen molar-refractivity contribution in [1.29, 1.82) is 0 Å². The van der Waals surface area contributed by atoms with Gasteiger partial charge in [0.25, 0.3) is 0 Å². The van der Waals surface area contributed by atoms with Gasteiger partial charge >= 0.3 is 0 Å². The Morgan fingerprint density at radius 2 is 1.53 bits per heavy atom. The molecular formula is C17H12BrN. The van der Waals surface area contributed by atoms with Gasteiger partial charge in [0.05, 0.1) is 0 Å². The minimum Gasteiger partial charge on any atom is -0.264 e. The van der Waals surface area contributed by atoms with Crippen LogP contribution in [-0.4, -0.2) is 4.98 Å². The van der Waals surface area contributed by atoms with Crippen LogP contribution in [0.15, 0.2) is 77.5 Å². The van der Waals surface area contributed by atoms with Gasteiger partial charge in [-0.05, 0) is 34.9 Å². The molecule has 0 saturated carbocycles. The molecule has 3 aromatic rings. The summed E-state index contributed by atoms with van der Waals surface area (Å²) < 4.78 is 1.11. The molecule has 3 rings (SSSR count). The fourth-order valence-electron chi connectivity index (χ4n) is 2.10. The number of halogens is 1. The predicted molar refractivity (Wildman–Crippen MR) is 82.8 cm³/mol. The fourth-order valence-corrected chi connectivity index (χ4v) is 2.61. The average molecular weight is 310 g/mol. The first-order valence-electron chi connectivity index (χ1n) is 6.10. The second-order valence-electron chi connectivity index (χ2n) is 4.30. The van der Waals surface area contributed by atoms with Gasteiger partial charge in [0.1, 0.15) is 0 Å². The zero-order chi connectivity index (χ0) is 13.1. The van der Waals surface area contributed by atoms with E-state index in [1.54, 1.807) is 6.20 Å². The molecule has 0 radical (unpaired) electrons. The Kier molecular flexibility index (Phi) is 3.43. The summed E-state index contributed by atoms with van der Waals surface area (Å²) in [5.74, 6) is 0. The number of hydrogen-bond acceptors (Lipinski definition) is 1. The minimum atomic E-state index is 1.11. The summed E-state index contributed by atoms with van der Waals surface area (Å²) in [4.78, 5) is 4.17. The van der Waals surface area contributed by atoms with Crippen LogP contribution < -0.4 is 0 Å². The highest BCUT2D eigenvalue weighted by molar-refractivity contribution is 9.10. The van der Waals surface area contributed by atoms with Crippen LogP contribution in [0.2, 0.25) is 0 Å². The summed E-state index contributed by atoms with van der Waals surface area (Å²) in [6, 6.07) is 20.8. The molecule has 0 bridgehead atoms. The van der Waals surface area contributed by atoms with E-state index in [9.17, 15) is 0 Å². The summed E-state index contributed by atoms with van der Waals surface area (Å²) in [5.41, 5.74) is 4.72. The van der Waals surface area contributed by atoms with E-state index in [0.717, 1.165) is 10.0 Å². The third kappa shape index (κ3) is 2.59. The maximum atomic E-state index is 4.17. The summed E-state index contributed by atoms with van der Waals surface area (Å²) in [6.07, 6.45) is 3.68. The Labute approximate surface area is 121 Å². The van der Waals surface area contributed by atoms with Crippen LogP contribution in [0.1, 0.15) is 0 Å². The molecular weight excluding hydrogens is 298 g/mol. The Bertz CT molecular complexity index is 692. The van der Waals surface area contributed by atoms with Crippen LogP contribution in [0, 0.1) is 0 Å². The van der Waals surface area contributed by atoms with E-state index in [1.165, 1.54) is 16.7 Å². The van der Waals surface area contributed by atoms with Crippen molar-refractivity contribution in [2.24, 2.45) is 0 Å². The summed E-state index contributed by atoms with van der Waals surface area (Å²) in [6.45, 7) is 0. The number of pyridine rings is 1. The third-order valence-electron chi connectivity index (χ3n) is 3.04. The molecule has 0 aliphatic rings. The van der Waals surface area contributed by atoms with Crippen LogP contribution in [0.4, 0.5) is 0 Å². The van der Waals surface area contributed by atoms with Crippen molar-refractivity contribution in [3.05, 3.63) is 77.5 Å². The van der Waals surface area contributed by atoms with Crippen LogP contribution in [0.3, 0.4) is 0 Å². The van der Waals surface area contributed by atoms with Crippen molar-refractivity contribution in [2.45, 2.75) is 0 Å². The van der Waals surface area contributed by atoms with Gasteiger partial charge in [0.15, 0.2) is 0 Å². The quantitative estimate of drug-likeness (QED) is 0.635. The van der Waals surface area contributed by atoms with Crippen molar-refractivity contribution in [1.82, 2.24) is 4.98 Å². The van der Waals surface area contributed by atoms with E-state index in [1.807, 2.05) is 18.3 Å². The highest BCUT2D eigenvalue weighted by atomic mass is 79.9. The van der Waals surface area contributed by atoms with Crippen LogP contribution in [0.5, 0.6) is 0 Å². The second kappa shape index (κ2) is 5.37. The van der Waals surface area contributed by atoms with Gasteiger partial charge in [-0.3, -0.25) is 4.98 Å². The normalized spacial score (nSPS) is 10.4. The Balaban J connectivity index is 2.09. The Hall–Kier alpha value is -1.93. The van der Waals surface area contributed by atoms with E-state index in [0.29, 0.717) is 0 Å².